The highest BCUT2D eigenvalue weighted by atomic mass is 16.3. The molecule has 5 N–H and O–H groups in total. The lowest BCUT2D eigenvalue weighted by atomic mass is 10.4. The molecule has 6 nitrogen and oxygen atoms in total. The first kappa shape index (κ1) is 19.1. The van der Waals surface area contributed by atoms with E-state index in [0.717, 1.165) is 0 Å². The molecule has 0 aliphatic heterocycles. The molecule has 0 heterocycles. The number of hydrogen-bond donors (Lipinski definition) is 5. The average molecular weight is 212 g/mol. The van der Waals surface area contributed by atoms with E-state index in [1.807, 2.05) is 0 Å². The van der Waals surface area contributed by atoms with E-state index < -0.39 is 6.10 Å². The van der Waals surface area contributed by atoms with Gasteiger partial charge < -0.3 is 30.3 Å². The minimum atomic E-state index is -0.954. The van der Waals surface area contributed by atoms with Crippen molar-refractivity contribution >= 4 is 5.78 Å². The van der Waals surface area contributed by atoms with Crippen molar-refractivity contribution in [2.24, 2.45) is 0 Å². The molecular weight excluding hydrogens is 192 g/mol. The summed E-state index contributed by atoms with van der Waals surface area (Å²) in [6.07, 6.45) is -0.954. The van der Waals surface area contributed by atoms with Crippen LogP contribution >= 0.6 is 0 Å². The van der Waals surface area contributed by atoms with E-state index in [1.54, 1.807) is 0 Å². The van der Waals surface area contributed by atoms with Crippen molar-refractivity contribution in [3.8, 4) is 0 Å². The summed E-state index contributed by atoms with van der Waals surface area (Å²) in [6, 6.07) is 0. The van der Waals surface area contributed by atoms with E-state index in [0.29, 0.717) is 0 Å². The van der Waals surface area contributed by atoms with Crippen molar-refractivity contribution < 1.29 is 30.3 Å². The number of carbonyl (C=O) groups is 1. The van der Waals surface area contributed by atoms with Crippen LogP contribution in [-0.4, -0.2) is 63.8 Å². The molecule has 0 bridgehead atoms. The molecule has 0 atom stereocenters. The highest BCUT2D eigenvalue weighted by Crippen LogP contribution is 1.71. The van der Waals surface area contributed by atoms with Crippen molar-refractivity contribution in [2.75, 3.05) is 26.4 Å². The van der Waals surface area contributed by atoms with Crippen LogP contribution in [0, 0.1) is 0 Å². The van der Waals surface area contributed by atoms with E-state index in [1.165, 1.54) is 13.8 Å². The highest BCUT2D eigenvalue weighted by molar-refractivity contribution is 5.72. The molecule has 0 aliphatic carbocycles. The molecule has 0 aliphatic rings. The smallest absolute Gasteiger partial charge is 0.126 e. The van der Waals surface area contributed by atoms with Gasteiger partial charge in [0, 0.05) is 0 Å². The first-order chi connectivity index (χ1) is 6.45. The fourth-order valence-corrected chi connectivity index (χ4v) is 0.0577. The molecule has 0 fully saturated rings. The summed E-state index contributed by atoms with van der Waals surface area (Å²) in [5.74, 6) is 0.167. The lowest BCUT2D eigenvalue weighted by Crippen LogP contribution is -2.15. The number of ketones is 1. The summed E-state index contributed by atoms with van der Waals surface area (Å²) in [5.41, 5.74) is 0. The Morgan fingerprint density at radius 1 is 1.00 bits per heavy atom. The van der Waals surface area contributed by atoms with E-state index in [2.05, 4.69) is 0 Å². The third-order valence-corrected chi connectivity index (χ3v) is 0.521. The lowest BCUT2D eigenvalue weighted by molar-refractivity contribution is -0.114. The standard InChI is InChI=1S/C3H8O3.C3H6O.C2H6O2/c4-1-3(6)2-5;1-3(2)4;3-1-2-4/h3-6H,1-2H2;1-2H3;3-4H,1-2H2. The largest absolute Gasteiger partial charge is 0.394 e. The van der Waals surface area contributed by atoms with E-state index >= 15 is 0 Å². The first-order valence-electron chi connectivity index (χ1n) is 4.04. The van der Waals surface area contributed by atoms with Crippen LogP contribution in [0.25, 0.3) is 0 Å². The third-order valence-electron chi connectivity index (χ3n) is 0.521. The second-order valence-electron chi connectivity index (χ2n) is 2.37. The molecule has 0 unspecified atom stereocenters. The molecule has 88 valence electrons. The average Bonchev–Trinajstić information content (AvgIpc) is 2.16. The molecular formula is C8H20O6. The quantitative estimate of drug-likeness (QED) is 0.365. The van der Waals surface area contributed by atoms with E-state index in [-0.39, 0.29) is 32.2 Å². The van der Waals surface area contributed by atoms with Gasteiger partial charge in [-0.15, -0.1) is 0 Å². The maximum Gasteiger partial charge on any atom is 0.126 e. The van der Waals surface area contributed by atoms with Crippen LogP contribution in [0.2, 0.25) is 0 Å². The van der Waals surface area contributed by atoms with Gasteiger partial charge >= 0.3 is 0 Å². The maximum atomic E-state index is 9.44. The van der Waals surface area contributed by atoms with Crippen molar-refractivity contribution in [3.63, 3.8) is 0 Å². The van der Waals surface area contributed by atoms with Gasteiger partial charge in [-0.3, -0.25) is 0 Å². The van der Waals surface area contributed by atoms with Crippen LogP contribution in [0.5, 0.6) is 0 Å². The predicted octanol–water partition coefficient (Wildman–Crippen LogP) is -2.10. The molecule has 0 saturated heterocycles. The minimum absolute atomic E-state index is 0.125. The summed E-state index contributed by atoms with van der Waals surface area (Å²) >= 11 is 0. The van der Waals surface area contributed by atoms with Crippen LogP contribution in [0.15, 0.2) is 0 Å². The Balaban J connectivity index is -0.000000135. The molecule has 0 spiro atoms. The summed E-state index contributed by atoms with van der Waals surface area (Å²) < 4.78 is 0. The second kappa shape index (κ2) is 18.3. The van der Waals surface area contributed by atoms with E-state index in [9.17, 15) is 4.79 Å². The highest BCUT2D eigenvalue weighted by Gasteiger charge is 1.93. The summed E-state index contributed by atoms with van der Waals surface area (Å²) in [4.78, 5) is 9.44. The number of aliphatic hydroxyl groups is 5. The summed E-state index contributed by atoms with van der Waals surface area (Å²) in [7, 11) is 0. The Hall–Kier alpha value is -0.530. The minimum Gasteiger partial charge on any atom is -0.394 e. The van der Waals surface area contributed by atoms with Crippen LogP contribution in [0.1, 0.15) is 13.8 Å². The SMILES string of the molecule is CC(C)=O.OCC(O)CO.OCCO. The van der Waals surface area contributed by atoms with Crippen LogP contribution < -0.4 is 0 Å². The summed E-state index contributed by atoms with van der Waals surface area (Å²) in [5, 5.41) is 39.3. The number of rotatable bonds is 3. The van der Waals surface area contributed by atoms with Crippen molar-refractivity contribution in [3.05, 3.63) is 0 Å². The molecule has 14 heavy (non-hydrogen) atoms. The van der Waals surface area contributed by atoms with Gasteiger partial charge in [0.25, 0.3) is 0 Å². The lowest BCUT2D eigenvalue weighted by Gasteiger charge is -1.96. The zero-order valence-corrected chi connectivity index (χ0v) is 8.55. The van der Waals surface area contributed by atoms with Crippen LogP contribution in [-0.2, 0) is 4.79 Å². The molecule has 6 heteroatoms. The number of hydrogen-bond acceptors (Lipinski definition) is 6. The van der Waals surface area contributed by atoms with Gasteiger partial charge in [-0.25, -0.2) is 0 Å². The molecule has 0 rings (SSSR count). The van der Waals surface area contributed by atoms with Gasteiger partial charge in [-0.1, -0.05) is 0 Å². The zero-order chi connectivity index (χ0) is 12.0. The van der Waals surface area contributed by atoms with Gasteiger partial charge in [0.15, 0.2) is 0 Å². The normalized spacial score (nSPS) is 8.29. The molecule has 0 aromatic rings. The van der Waals surface area contributed by atoms with E-state index in [4.69, 9.17) is 25.5 Å². The van der Waals surface area contributed by atoms with Gasteiger partial charge in [0.1, 0.15) is 11.9 Å². The Morgan fingerprint density at radius 2 is 1.21 bits per heavy atom. The Morgan fingerprint density at radius 3 is 1.21 bits per heavy atom. The topological polar surface area (TPSA) is 118 Å². The fraction of sp³-hybridized carbons (Fsp3) is 0.875. The Kier molecular flexibility index (Phi) is 25.0. The number of aliphatic hydroxyl groups excluding tert-OH is 5. The third kappa shape index (κ3) is 62.9. The van der Waals surface area contributed by atoms with Crippen LogP contribution in [0.4, 0.5) is 0 Å². The monoisotopic (exact) mass is 212 g/mol. The summed E-state index contributed by atoms with van der Waals surface area (Å²) in [6.45, 7) is 2.08. The van der Waals surface area contributed by atoms with Gasteiger partial charge in [-0.2, -0.15) is 0 Å². The predicted molar refractivity (Wildman–Crippen MR) is 50.7 cm³/mol. The maximum absolute atomic E-state index is 9.44. The van der Waals surface area contributed by atoms with Crippen molar-refractivity contribution in [1.29, 1.82) is 0 Å². The van der Waals surface area contributed by atoms with Gasteiger partial charge in [0.05, 0.1) is 26.4 Å². The van der Waals surface area contributed by atoms with Crippen LogP contribution in [0.3, 0.4) is 0 Å². The first-order valence-corrected chi connectivity index (χ1v) is 4.04. The molecule has 0 amide bonds. The zero-order valence-electron chi connectivity index (χ0n) is 8.55. The van der Waals surface area contributed by atoms with Gasteiger partial charge in [-0.05, 0) is 13.8 Å². The number of Topliss-reactive ketones (excluding diaryl/α,β-unsaturated/α-hetero) is 1. The Bertz CT molecular complexity index is 96.0. The van der Waals surface area contributed by atoms with Crippen molar-refractivity contribution in [2.45, 2.75) is 20.0 Å². The van der Waals surface area contributed by atoms with Crippen molar-refractivity contribution in [1.82, 2.24) is 0 Å². The molecule has 0 saturated carbocycles. The van der Waals surface area contributed by atoms with Gasteiger partial charge in [0.2, 0.25) is 0 Å². The molecule has 0 aromatic carbocycles. The second-order valence-corrected chi connectivity index (χ2v) is 2.37. The molecule has 0 aromatic heterocycles. The molecule has 0 radical (unpaired) electrons. The number of carbonyl (C=O) groups excluding carboxylic acids is 1. The fourth-order valence-electron chi connectivity index (χ4n) is 0.0577. The Labute approximate surface area is 83.4 Å².